The zero-order valence-corrected chi connectivity index (χ0v) is 12.6. The highest BCUT2D eigenvalue weighted by atomic mass is 35.5. The Labute approximate surface area is 124 Å². The van der Waals surface area contributed by atoms with E-state index in [0.717, 1.165) is 18.4 Å². The highest BCUT2D eigenvalue weighted by Crippen LogP contribution is 2.29. The van der Waals surface area contributed by atoms with Crippen LogP contribution in [0.4, 0.5) is 0 Å². The van der Waals surface area contributed by atoms with Crippen molar-refractivity contribution in [1.29, 1.82) is 0 Å². The van der Waals surface area contributed by atoms with Crippen molar-refractivity contribution in [3.05, 3.63) is 28.8 Å². The maximum Gasteiger partial charge on any atom is 0.327 e. The third-order valence-corrected chi connectivity index (χ3v) is 4.00. The average molecular weight is 298 g/mol. The van der Waals surface area contributed by atoms with E-state index in [9.17, 15) is 4.79 Å². The van der Waals surface area contributed by atoms with Crippen LogP contribution in [0.25, 0.3) is 0 Å². The van der Waals surface area contributed by atoms with Crippen molar-refractivity contribution in [1.82, 2.24) is 5.32 Å². The van der Waals surface area contributed by atoms with Gasteiger partial charge >= 0.3 is 5.97 Å². The number of hydrogen-bond donors (Lipinski definition) is 1. The molecule has 1 unspecified atom stereocenters. The molecule has 0 saturated heterocycles. The maximum atomic E-state index is 12.0. The largest absolute Gasteiger partial charge is 0.495 e. The number of hydrogen-bond acceptors (Lipinski definition) is 4. The Bertz CT molecular complexity index is 472. The molecule has 1 atom stereocenters. The summed E-state index contributed by atoms with van der Waals surface area (Å²) >= 11 is 6.13. The van der Waals surface area contributed by atoms with Crippen LogP contribution in [0.15, 0.2) is 18.2 Å². The number of benzene rings is 1. The first-order chi connectivity index (χ1) is 9.65. The first-order valence-electron chi connectivity index (χ1n) is 6.83. The average Bonchev–Trinajstić information content (AvgIpc) is 2.97. The van der Waals surface area contributed by atoms with E-state index in [1.165, 1.54) is 20.0 Å². The minimum Gasteiger partial charge on any atom is -0.495 e. The third kappa shape index (κ3) is 3.44. The SMILES string of the molecule is COC(=O)C(NC1CCCC1)c1ccc(OC)c(Cl)c1. The number of ether oxygens (including phenoxy) is 2. The molecule has 5 heteroatoms. The molecule has 1 fully saturated rings. The number of esters is 1. The zero-order valence-electron chi connectivity index (χ0n) is 11.8. The zero-order chi connectivity index (χ0) is 14.5. The number of methoxy groups -OCH3 is 2. The van der Waals surface area contributed by atoms with Gasteiger partial charge < -0.3 is 9.47 Å². The van der Waals surface area contributed by atoms with Crippen molar-refractivity contribution in [2.45, 2.75) is 37.8 Å². The molecule has 1 N–H and O–H groups in total. The van der Waals surface area contributed by atoms with Gasteiger partial charge in [-0.1, -0.05) is 30.5 Å². The molecule has 0 bridgehead atoms. The summed E-state index contributed by atoms with van der Waals surface area (Å²) in [7, 11) is 2.96. The second-order valence-corrected chi connectivity index (χ2v) is 5.41. The fraction of sp³-hybridized carbons (Fsp3) is 0.533. The van der Waals surface area contributed by atoms with Crippen LogP contribution in [-0.2, 0) is 9.53 Å². The van der Waals surface area contributed by atoms with Crippen molar-refractivity contribution < 1.29 is 14.3 Å². The second kappa shape index (κ2) is 6.95. The van der Waals surface area contributed by atoms with Gasteiger partial charge in [0.25, 0.3) is 0 Å². The summed E-state index contributed by atoms with van der Waals surface area (Å²) in [4.78, 5) is 12.0. The van der Waals surface area contributed by atoms with Crippen molar-refractivity contribution >= 4 is 17.6 Å². The fourth-order valence-electron chi connectivity index (χ4n) is 2.61. The van der Waals surface area contributed by atoms with Crippen LogP contribution in [0.1, 0.15) is 37.3 Å². The first-order valence-corrected chi connectivity index (χ1v) is 7.21. The van der Waals surface area contributed by atoms with Crippen LogP contribution >= 0.6 is 11.6 Å². The smallest absolute Gasteiger partial charge is 0.327 e. The van der Waals surface area contributed by atoms with Crippen LogP contribution < -0.4 is 10.1 Å². The number of carbonyl (C=O) groups excluding carboxylic acids is 1. The molecule has 1 aliphatic rings. The van der Waals surface area contributed by atoms with E-state index < -0.39 is 6.04 Å². The van der Waals surface area contributed by atoms with Crippen LogP contribution in [0.3, 0.4) is 0 Å². The van der Waals surface area contributed by atoms with Gasteiger partial charge in [-0.25, -0.2) is 4.79 Å². The van der Waals surface area contributed by atoms with Gasteiger partial charge in [0.15, 0.2) is 0 Å². The highest BCUT2D eigenvalue weighted by Gasteiger charge is 2.26. The lowest BCUT2D eigenvalue weighted by molar-refractivity contribution is -0.143. The van der Waals surface area contributed by atoms with Gasteiger partial charge in [0.1, 0.15) is 11.8 Å². The van der Waals surface area contributed by atoms with E-state index in [-0.39, 0.29) is 5.97 Å². The van der Waals surface area contributed by atoms with Gasteiger partial charge in [-0.2, -0.15) is 0 Å². The molecule has 110 valence electrons. The van der Waals surface area contributed by atoms with Gasteiger partial charge in [0.05, 0.1) is 19.2 Å². The monoisotopic (exact) mass is 297 g/mol. The molecule has 2 rings (SSSR count). The first kappa shape index (κ1) is 15.1. The lowest BCUT2D eigenvalue weighted by atomic mass is 10.0. The quantitative estimate of drug-likeness (QED) is 0.849. The van der Waals surface area contributed by atoms with E-state index in [4.69, 9.17) is 21.1 Å². The predicted molar refractivity (Wildman–Crippen MR) is 78.2 cm³/mol. The molecule has 1 aliphatic carbocycles. The van der Waals surface area contributed by atoms with Gasteiger partial charge in [0.2, 0.25) is 0 Å². The van der Waals surface area contributed by atoms with E-state index in [2.05, 4.69) is 5.32 Å². The van der Waals surface area contributed by atoms with Gasteiger partial charge in [-0.05, 0) is 30.5 Å². The molecule has 0 spiro atoms. The van der Waals surface area contributed by atoms with Crippen molar-refractivity contribution in [3.63, 3.8) is 0 Å². The molecule has 0 aliphatic heterocycles. The Morgan fingerprint density at radius 3 is 2.60 bits per heavy atom. The summed E-state index contributed by atoms with van der Waals surface area (Å²) in [5, 5.41) is 3.87. The third-order valence-electron chi connectivity index (χ3n) is 3.70. The normalized spacial score (nSPS) is 16.9. The summed E-state index contributed by atoms with van der Waals surface area (Å²) in [5.74, 6) is 0.304. The minimum absolute atomic E-state index is 0.293. The van der Waals surface area contributed by atoms with E-state index in [0.29, 0.717) is 16.8 Å². The van der Waals surface area contributed by atoms with Crippen molar-refractivity contribution in [2.75, 3.05) is 14.2 Å². The molecule has 0 radical (unpaired) electrons. The molecule has 0 heterocycles. The number of halogens is 1. The Balaban J connectivity index is 2.21. The summed E-state index contributed by atoms with van der Waals surface area (Å²) in [6, 6.07) is 5.24. The molecule has 1 aromatic carbocycles. The molecular formula is C15H20ClNO3. The topological polar surface area (TPSA) is 47.6 Å². The summed E-state index contributed by atoms with van der Waals surface area (Å²) in [5.41, 5.74) is 0.801. The maximum absolute atomic E-state index is 12.0. The molecule has 0 amide bonds. The lowest BCUT2D eigenvalue weighted by Gasteiger charge is -2.21. The molecule has 4 nitrogen and oxygen atoms in total. The van der Waals surface area contributed by atoms with Gasteiger partial charge in [0, 0.05) is 6.04 Å². The summed E-state index contributed by atoms with van der Waals surface area (Å²) < 4.78 is 10.0. The van der Waals surface area contributed by atoms with E-state index in [1.807, 2.05) is 6.07 Å². The Morgan fingerprint density at radius 2 is 2.05 bits per heavy atom. The molecule has 20 heavy (non-hydrogen) atoms. The Morgan fingerprint density at radius 1 is 1.35 bits per heavy atom. The van der Waals surface area contributed by atoms with Crippen LogP contribution in [-0.4, -0.2) is 26.2 Å². The van der Waals surface area contributed by atoms with Crippen LogP contribution in [0.2, 0.25) is 5.02 Å². The standard InChI is InChI=1S/C15H20ClNO3/c1-19-13-8-7-10(9-12(13)16)14(15(18)20-2)17-11-5-3-4-6-11/h7-9,11,14,17H,3-6H2,1-2H3. The number of rotatable bonds is 5. The number of nitrogens with one attached hydrogen (secondary N) is 1. The van der Waals surface area contributed by atoms with Crippen LogP contribution in [0.5, 0.6) is 5.75 Å². The van der Waals surface area contributed by atoms with Gasteiger partial charge in [-0.3, -0.25) is 5.32 Å². The Kier molecular flexibility index (Phi) is 5.26. The minimum atomic E-state index is -0.480. The highest BCUT2D eigenvalue weighted by molar-refractivity contribution is 6.32. The van der Waals surface area contributed by atoms with Crippen LogP contribution in [0, 0.1) is 0 Å². The summed E-state index contributed by atoms with van der Waals surface area (Å²) in [6.45, 7) is 0. The van der Waals surface area contributed by atoms with Gasteiger partial charge in [-0.15, -0.1) is 0 Å². The summed E-state index contributed by atoms with van der Waals surface area (Å²) in [6.07, 6.45) is 4.60. The molecule has 1 aromatic rings. The molecular weight excluding hydrogens is 278 g/mol. The fourth-order valence-corrected chi connectivity index (χ4v) is 2.87. The van der Waals surface area contributed by atoms with E-state index in [1.54, 1.807) is 19.2 Å². The molecule has 0 aromatic heterocycles. The molecule has 1 saturated carbocycles. The lowest BCUT2D eigenvalue weighted by Crippen LogP contribution is -2.36. The number of carbonyl (C=O) groups is 1. The van der Waals surface area contributed by atoms with Crippen molar-refractivity contribution in [3.8, 4) is 5.75 Å². The van der Waals surface area contributed by atoms with Crippen molar-refractivity contribution in [2.24, 2.45) is 0 Å². The predicted octanol–water partition coefficient (Wildman–Crippen LogP) is 3.09. The van der Waals surface area contributed by atoms with E-state index >= 15 is 0 Å². The second-order valence-electron chi connectivity index (χ2n) is 5.00. The Hall–Kier alpha value is -1.26.